The van der Waals surface area contributed by atoms with Gasteiger partial charge in [0.15, 0.2) is 0 Å². The van der Waals surface area contributed by atoms with E-state index < -0.39 is 17.8 Å². The molecule has 3 aromatic carbocycles. The summed E-state index contributed by atoms with van der Waals surface area (Å²) in [6, 6.07) is 18.3. The van der Waals surface area contributed by atoms with Crippen molar-refractivity contribution in [2.24, 2.45) is 0 Å². The molecule has 204 valence electrons. The highest BCUT2D eigenvalue weighted by Crippen LogP contribution is 2.14. The largest absolute Gasteiger partial charge is 0.462 e. The summed E-state index contributed by atoms with van der Waals surface area (Å²) in [7, 11) is 0. The van der Waals surface area contributed by atoms with Crippen molar-refractivity contribution in [2.45, 2.75) is 13.8 Å². The number of halogens is 1. The Morgan fingerprint density at radius 3 is 1.49 bits per heavy atom. The van der Waals surface area contributed by atoms with Crippen LogP contribution in [0.15, 0.2) is 116 Å². The average Bonchev–Trinajstić information content (AvgIpc) is 2.96. The molecule has 41 heavy (non-hydrogen) atoms. The summed E-state index contributed by atoms with van der Waals surface area (Å²) in [4.78, 5) is 22.6. The van der Waals surface area contributed by atoms with Crippen molar-refractivity contribution in [3.63, 3.8) is 0 Å². The molecular weight excluding hydrogens is 523 g/mol. The van der Waals surface area contributed by atoms with E-state index in [0.717, 1.165) is 12.5 Å². The van der Waals surface area contributed by atoms with Crippen LogP contribution >= 0.6 is 0 Å². The lowest BCUT2D eigenvalue weighted by molar-refractivity contribution is -0.134. The van der Waals surface area contributed by atoms with Gasteiger partial charge in [0.05, 0.1) is 5.56 Å². The SMILES string of the molecule is C=C(C)C(=O)O/C=C\Oc1ccc(C#Cc2ccc(C#Cc3ccc(O/C=C\OC(=O)C(=C)C)cc3)c(F)c2)cc1. The van der Waals surface area contributed by atoms with E-state index in [1.807, 2.05) is 0 Å². The third-order valence-corrected chi connectivity index (χ3v) is 4.94. The topological polar surface area (TPSA) is 71.1 Å². The highest BCUT2D eigenvalue weighted by Gasteiger charge is 2.02. The summed E-state index contributed by atoms with van der Waals surface area (Å²) >= 11 is 0. The Morgan fingerprint density at radius 2 is 1.05 bits per heavy atom. The highest BCUT2D eigenvalue weighted by atomic mass is 19.1. The number of hydrogen-bond donors (Lipinski definition) is 0. The van der Waals surface area contributed by atoms with Crippen LogP contribution in [-0.4, -0.2) is 11.9 Å². The van der Waals surface area contributed by atoms with Crippen LogP contribution in [0.5, 0.6) is 11.5 Å². The molecule has 0 bridgehead atoms. The smallest absolute Gasteiger partial charge is 0.338 e. The molecule has 3 rings (SSSR count). The van der Waals surface area contributed by atoms with Crippen molar-refractivity contribution in [3.8, 4) is 35.2 Å². The Bertz CT molecular complexity index is 1620. The van der Waals surface area contributed by atoms with Crippen molar-refractivity contribution < 1.29 is 32.9 Å². The zero-order valence-corrected chi connectivity index (χ0v) is 22.4. The molecule has 0 aliphatic rings. The fourth-order valence-electron chi connectivity index (χ4n) is 2.80. The molecule has 0 aromatic heterocycles. The van der Waals surface area contributed by atoms with Crippen LogP contribution in [-0.2, 0) is 19.1 Å². The van der Waals surface area contributed by atoms with Crippen molar-refractivity contribution in [1.29, 1.82) is 0 Å². The van der Waals surface area contributed by atoms with Crippen LogP contribution in [0.25, 0.3) is 0 Å². The third kappa shape index (κ3) is 10.1. The van der Waals surface area contributed by atoms with Gasteiger partial charge in [-0.2, -0.15) is 0 Å². The number of carbonyl (C=O) groups is 2. The van der Waals surface area contributed by atoms with E-state index in [0.29, 0.717) is 28.2 Å². The first-order valence-corrected chi connectivity index (χ1v) is 12.1. The summed E-state index contributed by atoms with van der Waals surface area (Å²) < 4.78 is 34.9. The van der Waals surface area contributed by atoms with Gasteiger partial charge in [0.1, 0.15) is 42.4 Å². The minimum atomic E-state index is -0.545. The molecule has 0 aliphatic heterocycles. The van der Waals surface area contributed by atoms with E-state index in [-0.39, 0.29) is 16.7 Å². The Kier molecular flexibility index (Phi) is 10.9. The predicted octanol–water partition coefficient (Wildman–Crippen LogP) is 6.56. The van der Waals surface area contributed by atoms with E-state index >= 15 is 0 Å². The maximum Gasteiger partial charge on any atom is 0.338 e. The second-order valence-electron chi connectivity index (χ2n) is 8.39. The van der Waals surface area contributed by atoms with Gasteiger partial charge in [-0.25, -0.2) is 14.0 Å². The molecule has 0 unspecified atom stereocenters. The molecular formula is C34H25FO6. The molecule has 0 saturated heterocycles. The van der Waals surface area contributed by atoms with Crippen molar-refractivity contribution in [3.05, 3.63) is 144 Å². The van der Waals surface area contributed by atoms with E-state index in [9.17, 15) is 14.0 Å². The molecule has 0 saturated carbocycles. The summed E-state index contributed by atoms with van der Waals surface area (Å²) in [6.45, 7) is 10.1. The molecule has 0 fully saturated rings. The lowest BCUT2D eigenvalue weighted by atomic mass is 10.1. The highest BCUT2D eigenvalue weighted by molar-refractivity contribution is 5.87. The second kappa shape index (κ2) is 15.0. The first-order chi connectivity index (χ1) is 19.7. The van der Waals surface area contributed by atoms with Gasteiger partial charge in [-0.1, -0.05) is 36.8 Å². The van der Waals surface area contributed by atoms with Gasteiger partial charge in [0.25, 0.3) is 0 Å². The molecule has 7 heteroatoms. The van der Waals surface area contributed by atoms with Gasteiger partial charge < -0.3 is 18.9 Å². The monoisotopic (exact) mass is 548 g/mol. The lowest BCUT2D eigenvalue weighted by Crippen LogP contribution is -1.99. The maximum absolute atomic E-state index is 14.6. The summed E-state index contributed by atoms with van der Waals surface area (Å²) in [5.41, 5.74) is 2.66. The first kappa shape index (κ1) is 29.8. The van der Waals surface area contributed by atoms with E-state index in [1.165, 1.54) is 18.6 Å². The second-order valence-corrected chi connectivity index (χ2v) is 8.39. The number of rotatable bonds is 8. The Morgan fingerprint density at radius 1 is 0.634 bits per heavy atom. The molecule has 0 N–H and O–H groups in total. The zero-order valence-electron chi connectivity index (χ0n) is 22.4. The summed E-state index contributed by atoms with van der Waals surface area (Å²) in [6.07, 6.45) is 4.73. The normalized spacial score (nSPS) is 10.1. The van der Waals surface area contributed by atoms with Gasteiger partial charge in [-0.05, 0) is 80.6 Å². The summed E-state index contributed by atoms with van der Waals surface area (Å²) in [5.74, 6) is 11.1. The fraction of sp³-hybridized carbons (Fsp3) is 0.0588. The quantitative estimate of drug-likeness (QED) is 0.137. The van der Waals surface area contributed by atoms with Crippen molar-refractivity contribution in [2.75, 3.05) is 0 Å². The van der Waals surface area contributed by atoms with Crippen LogP contribution in [0, 0.1) is 29.5 Å². The average molecular weight is 549 g/mol. The van der Waals surface area contributed by atoms with Crippen LogP contribution in [0.1, 0.15) is 36.1 Å². The van der Waals surface area contributed by atoms with Crippen LogP contribution < -0.4 is 9.47 Å². The van der Waals surface area contributed by atoms with Crippen molar-refractivity contribution >= 4 is 11.9 Å². The van der Waals surface area contributed by atoms with Gasteiger partial charge in [-0.15, -0.1) is 0 Å². The molecule has 0 amide bonds. The maximum atomic E-state index is 14.6. The molecule has 6 nitrogen and oxygen atoms in total. The van der Waals surface area contributed by atoms with Gasteiger partial charge in [-0.3, -0.25) is 0 Å². The molecule has 0 atom stereocenters. The number of benzene rings is 3. The van der Waals surface area contributed by atoms with Gasteiger partial charge in [0, 0.05) is 27.8 Å². The number of hydrogen-bond acceptors (Lipinski definition) is 6. The molecule has 3 aromatic rings. The number of carbonyl (C=O) groups excluding carboxylic acids is 2. The minimum absolute atomic E-state index is 0.238. The molecule has 0 heterocycles. The summed E-state index contributed by atoms with van der Waals surface area (Å²) in [5, 5.41) is 0. The van der Waals surface area contributed by atoms with E-state index in [4.69, 9.17) is 18.9 Å². The Balaban J connectivity index is 1.55. The number of esters is 2. The molecule has 0 aliphatic carbocycles. The third-order valence-electron chi connectivity index (χ3n) is 4.94. The first-order valence-electron chi connectivity index (χ1n) is 12.1. The zero-order chi connectivity index (χ0) is 29.6. The van der Waals surface area contributed by atoms with Crippen LogP contribution in [0.4, 0.5) is 4.39 Å². The minimum Gasteiger partial charge on any atom is -0.462 e. The van der Waals surface area contributed by atoms with Crippen molar-refractivity contribution in [1.82, 2.24) is 0 Å². The van der Waals surface area contributed by atoms with E-state index in [2.05, 4.69) is 36.8 Å². The Labute approximate surface area is 238 Å². The van der Waals surface area contributed by atoms with Crippen LogP contribution in [0.3, 0.4) is 0 Å². The fourth-order valence-corrected chi connectivity index (χ4v) is 2.80. The van der Waals surface area contributed by atoms with E-state index in [1.54, 1.807) is 74.5 Å². The standard InChI is InChI=1S/C34H25FO6/c1-24(2)33(36)40-21-19-38-30-15-9-26(10-16-30)5-6-28-8-14-29(32(35)23-28)13-7-27-11-17-31(18-12-27)39-20-22-41-34(37)25(3)4/h8-12,14-23H,1,3H2,2,4H3/b21-19-,22-20-. The molecule has 0 radical (unpaired) electrons. The molecule has 0 spiro atoms. The van der Waals surface area contributed by atoms with Gasteiger partial charge >= 0.3 is 11.9 Å². The van der Waals surface area contributed by atoms with Gasteiger partial charge in [0.2, 0.25) is 0 Å². The number of ether oxygens (including phenoxy) is 4. The lowest BCUT2D eigenvalue weighted by Gasteiger charge is -2.01. The van der Waals surface area contributed by atoms with Crippen LogP contribution in [0.2, 0.25) is 0 Å². The predicted molar refractivity (Wildman–Crippen MR) is 153 cm³/mol. The Hall–Kier alpha value is -5.79.